The van der Waals surface area contributed by atoms with Gasteiger partial charge in [-0.15, -0.1) is 0 Å². The van der Waals surface area contributed by atoms with Gasteiger partial charge in [-0.2, -0.15) is 0 Å². The highest BCUT2D eigenvalue weighted by Crippen LogP contribution is 2.11. The van der Waals surface area contributed by atoms with E-state index in [4.69, 9.17) is 4.89 Å². The zero-order chi connectivity index (χ0) is 5.82. The summed E-state index contributed by atoms with van der Waals surface area (Å²) in [7, 11) is 0. The molecule has 3 nitrogen and oxygen atoms in total. The van der Waals surface area contributed by atoms with Crippen molar-refractivity contribution in [2.45, 2.75) is 13.3 Å². The molecule has 3 heteroatoms. The Labute approximate surface area is 48.9 Å². The van der Waals surface area contributed by atoms with E-state index in [2.05, 4.69) is 10.2 Å². The molecule has 1 radical (unpaired) electrons. The van der Waals surface area contributed by atoms with Crippen molar-refractivity contribution in [3.8, 4) is 0 Å². The van der Waals surface area contributed by atoms with Gasteiger partial charge in [0.05, 0.1) is 6.61 Å². The molecule has 0 amide bonds. The minimum Gasteiger partial charge on any atom is -0.283 e. The zero-order valence-electron chi connectivity index (χ0n) is 4.94. The molecule has 1 heterocycles. The van der Waals surface area contributed by atoms with Gasteiger partial charge in [0.2, 0.25) is 6.23 Å². The molecule has 0 spiro atoms. The minimum atomic E-state index is 0.683. The van der Waals surface area contributed by atoms with Crippen molar-refractivity contribution in [3.05, 3.63) is 6.23 Å². The summed E-state index contributed by atoms with van der Waals surface area (Å²) in [5, 5.41) is 3.01. The molecule has 0 atom stereocenters. The molecule has 1 aliphatic rings. The maximum absolute atomic E-state index is 4.70. The Morgan fingerprint density at radius 2 is 2.62 bits per heavy atom. The van der Waals surface area contributed by atoms with Crippen LogP contribution in [0.5, 0.6) is 0 Å². The van der Waals surface area contributed by atoms with Crippen molar-refractivity contribution < 1.29 is 9.78 Å². The highest BCUT2D eigenvalue weighted by molar-refractivity contribution is 4.74. The van der Waals surface area contributed by atoms with Gasteiger partial charge in [0.25, 0.3) is 0 Å². The first kappa shape index (κ1) is 6.01. The van der Waals surface area contributed by atoms with Crippen molar-refractivity contribution in [1.29, 1.82) is 0 Å². The molecule has 1 saturated heterocycles. The summed E-state index contributed by atoms with van der Waals surface area (Å²) in [5.41, 5.74) is 0. The first-order chi connectivity index (χ1) is 3.93. The van der Waals surface area contributed by atoms with Crippen molar-refractivity contribution in [2.24, 2.45) is 0 Å². The molecule has 8 heavy (non-hydrogen) atoms. The third-order valence-electron chi connectivity index (χ3n) is 0.946. The summed E-state index contributed by atoms with van der Waals surface area (Å²) in [6.07, 6.45) is 1.74. The summed E-state index contributed by atoms with van der Waals surface area (Å²) in [6.45, 7) is 3.61. The van der Waals surface area contributed by atoms with Gasteiger partial charge in [-0.1, -0.05) is 6.92 Å². The van der Waals surface area contributed by atoms with Crippen LogP contribution in [0, 0.1) is 6.23 Å². The Balaban J connectivity index is 2.06. The van der Waals surface area contributed by atoms with Crippen molar-refractivity contribution in [3.63, 3.8) is 0 Å². The molecule has 0 bridgehead atoms. The van der Waals surface area contributed by atoms with Gasteiger partial charge < -0.3 is 0 Å². The van der Waals surface area contributed by atoms with E-state index in [-0.39, 0.29) is 0 Å². The lowest BCUT2D eigenvalue weighted by Crippen LogP contribution is -2.18. The van der Waals surface area contributed by atoms with Crippen LogP contribution in [0.2, 0.25) is 0 Å². The van der Waals surface area contributed by atoms with Crippen molar-refractivity contribution >= 4 is 0 Å². The van der Waals surface area contributed by atoms with Crippen LogP contribution < -0.4 is 5.32 Å². The lowest BCUT2D eigenvalue weighted by molar-refractivity contribution is -0.248. The standard InChI is InChI=1S/C5H10NO2/c1-2-6-5-3-4-7-8-5/h6H,2-4H2,1H3. The molecule has 1 N–H and O–H groups in total. The van der Waals surface area contributed by atoms with Gasteiger partial charge >= 0.3 is 0 Å². The highest BCUT2D eigenvalue weighted by atomic mass is 17.2. The average molecular weight is 116 g/mol. The number of hydrogen-bond acceptors (Lipinski definition) is 3. The maximum atomic E-state index is 4.70. The van der Waals surface area contributed by atoms with Crippen LogP contribution in [0.25, 0.3) is 0 Å². The molecule has 1 aliphatic heterocycles. The van der Waals surface area contributed by atoms with Crippen LogP contribution in [0.3, 0.4) is 0 Å². The predicted octanol–water partition coefficient (Wildman–Crippen LogP) is 0.437. The Morgan fingerprint density at radius 3 is 3.12 bits per heavy atom. The lowest BCUT2D eigenvalue weighted by atomic mass is 10.4. The van der Waals surface area contributed by atoms with Crippen LogP contribution in [0.4, 0.5) is 0 Å². The van der Waals surface area contributed by atoms with Crippen LogP contribution in [-0.2, 0) is 9.78 Å². The Bertz CT molecular complexity index is 61.4. The van der Waals surface area contributed by atoms with E-state index in [9.17, 15) is 0 Å². The second-order valence-corrected chi connectivity index (χ2v) is 1.61. The predicted molar refractivity (Wildman–Crippen MR) is 28.6 cm³/mol. The van der Waals surface area contributed by atoms with E-state index in [1.54, 1.807) is 0 Å². The first-order valence-electron chi connectivity index (χ1n) is 2.82. The maximum Gasteiger partial charge on any atom is 0.202 e. The van der Waals surface area contributed by atoms with Gasteiger partial charge in [-0.25, -0.2) is 9.78 Å². The van der Waals surface area contributed by atoms with Crippen LogP contribution in [-0.4, -0.2) is 13.2 Å². The Hall–Kier alpha value is -0.120. The highest BCUT2D eigenvalue weighted by Gasteiger charge is 2.16. The topological polar surface area (TPSA) is 30.5 Å². The van der Waals surface area contributed by atoms with Crippen molar-refractivity contribution in [2.75, 3.05) is 13.2 Å². The van der Waals surface area contributed by atoms with E-state index < -0.39 is 0 Å². The normalized spacial score (nSPS) is 22.1. The van der Waals surface area contributed by atoms with Gasteiger partial charge in [0.1, 0.15) is 0 Å². The molecule has 0 unspecified atom stereocenters. The van der Waals surface area contributed by atoms with Gasteiger partial charge in [-0.3, -0.25) is 5.32 Å². The van der Waals surface area contributed by atoms with Crippen LogP contribution in [0.1, 0.15) is 13.3 Å². The Morgan fingerprint density at radius 1 is 1.75 bits per heavy atom. The minimum absolute atomic E-state index is 0.683. The molecule has 0 aromatic rings. The lowest BCUT2D eigenvalue weighted by Gasteiger charge is -2.02. The molecular formula is C5H10NO2. The summed E-state index contributed by atoms with van der Waals surface area (Å²) in [5.74, 6) is 0. The van der Waals surface area contributed by atoms with Gasteiger partial charge in [0, 0.05) is 6.42 Å². The number of rotatable bonds is 2. The monoisotopic (exact) mass is 116 g/mol. The molecule has 0 aliphatic carbocycles. The third kappa shape index (κ3) is 1.43. The van der Waals surface area contributed by atoms with Crippen LogP contribution in [0.15, 0.2) is 0 Å². The summed E-state index contributed by atoms with van der Waals surface area (Å²) in [4.78, 5) is 9.31. The van der Waals surface area contributed by atoms with E-state index in [0.717, 1.165) is 19.2 Å². The van der Waals surface area contributed by atoms with E-state index in [1.807, 2.05) is 6.92 Å². The summed E-state index contributed by atoms with van der Waals surface area (Å²) in [6, 6.07) is 0. The molecule has 0 saturated carbocycles. The van der Waals surface area contributed by atoms with Gasteiger partial charge in [0.15, 0.2) is 0 Å². The number of nitrogens with one attached hydrogen (secondary N) is 1. The van der Waals surface area contributed by atoms with E-state index >= 15 is 0 Å². The zero-order valence-corrected chi connectivity index (χ0v) is 4.94. The average Bonchev–Trinajstić information content (AvgIpc) is 2.19. The largest absolute Gasteiger partial charge is 0.283 e. The molecule has 1 rings (SSSR count). The molecule has 1 fully saturated rings. The Kier molecular flexibility index (Phi) is 2.27. The molecule has 47 valence electrons. The smallest absolute Gasteiger partial charge is 0.202 e. The fourth-order valence-corrected chi connectivity index (χ4v) is 0.604. The fourth-order valence-electron chi connectivity index (χ4n) is 0.604. The molecule has 0 aromatic heterocycles. The fraction of sp³-hybridized carbons (Fsp3) is 0.800. The summed E-state index contributed by atoms with van der Waals surface area (Å²) < 4.78 is 0. The van der Waals surface area contributed by atoms with Crippen molar-refractivity contribution in [1.82, 2.24) is 5.32 Å². The first-order valence-corrected chi connectivity index (χ1v) is 2.82. The molecule has 0 aromatic carbocycles. The van der Waals surface area contributed by atoms with E-state index in [0.29, 0.717) is 6.61 Å². The summed E-state index contributed by atoms with van der Waals surface area (Å²) >= 11 is 0. The molecular weight excluding hydrogens is 106 g/mol. The van der Waals surface area contributed by atoms with Crippen LogP contribution >= 0.6 is 0 Å². The SMILES string of the molecule is CCN[C]1CCOO1. The third-order valence-corrected chi connectivity index (χ3v) is 0.946. The second kappa shape index (κ2) is 3.02. The van der Waals surface area contributed by atoms with Gasteiger partial charge in [-0.05, 0) is 6.54 Å². The second-order valence-electron chi connectivity index (χ2n) is 1.61. The van der Waals surface area contributed by atoms with E-state index in [1.165, 1.54) is 0 Å². The quantitative estimate of drug-likeness (QED) is 0.531. The number of hydrogen-bond donors (Lipinski definition) is 1.